The van der Waals surface area contributed by atoms with Crippen LogP contribution in [-0.2, 0) is 19.3 Å². The van der Waals surface area contributed by atoms with Gasteiger partial charge in [-0.3, -0.25) is 0 Å². The zero-order valence-electron chi connectivity index (χ0n) is 24.2. The largest absolute Gasteiger partial charge is 0.393 e. The first kappa shape index (κ1) is 28.4. The lowest BCUT2D eigenvalue weighted by Gasteiger charge is -2.52. The van der Waals surface area contributed by atoms with Gasteiger partial charge in [-0.2, -0.15) is 0 Å². The first-order valence-electron chi connectivity index (χ1n) is 13.9. The molecule has 1 aliphatic rings. The second-order valence-corrected chi connectivity index (χ2v) is 17.2. The monoisotopic (exact) mass is 494 g/mol. The van der Waals surface area contributed by atoms with Crippen molar-refractivity contribution < 1.29 is 5.11 Å². The van der Waals surface area contributed by atoms with Gasteiger partial charge in [0.05, 0.1) is 6.10 Å². The molecule has 0 aliphatic carbocycles. The molecular formula is C33H51OP. The highest BCUT2D eigenvalue weighted by molar-refractivity contribution is 7.69. The van der Waals surface area contributed by atoms with Gasteiger partial charge in [0.2, 0.25) is 0 Å². The molecule has 0 atom stereocenters. The molecule has 1 N–H and O–H groups in total. The molecule has 35 heavy (non-hydrogen) atoms. The van der Waals surface area contributed by atoms with Gasteiger partial charge in [0.25, 0.3) is 0 Å². The number of aliphatic hydroxyl groups excluding tert-OH is 1. The first-order chi connectivity index (χ1) is 16.2. The summed E-state index contributed by atoms with van der Waals surface area (Å²) < 4.78 is 0. The molecule has 1 heterocycles. The van der Waals surface area contributed by atoms with Crippen LogP contribution in [0.3, 0.4) is 0 Å². The molecule has 0 aromatic heterocycles. The summed E-state index contributed by atoms with van der Waals surface area (Å²) >= 11 is 0. The van der Waals surface area contributed by atoms with E-state index in [0.29, 0.717) is 17.8 Å². The van der Waals surface area contributed by atoms with Gasteiger partial charge in [0.1, 0.15) is 0 Å². The third-order valence-electron chi connectivity index (χ3n) is 7.36. The van der Waals surface area contributed by atoms with Gasteiger partial charge in [-0.05, 0) is 93.3 Å². The van der Waals surface area contributed by atoms with Crippen LogP contribution in [0.4, 0.5) is 0 Å². The van der Waals surface area contributed by atoms with E-state index >= 15 is 0 Å². The fourth-order valence-corrected chi connectivity index (χ4v) is 11.1. The van der Waals surface area contributed by atoms with Crippen molar-refractivity contribution in [2.75, 3.05) is 0 Å². The third kappa shape index (κ3) is 6.78. The maximum Gasteiger partial charge on any atom is 0.0557 e. The number of benzene rings is 2. The van der Waals surface area contributed by atoms with Gasteiger partial charge in [-0.1, -0.05) is 114 Å². The Hall–Kier alpha value is -1.17. The van der Waals surface area contributed by atoms with E-state index in [1.165, 1.54) is 33.1 Å². The molecule has 2 aromatic carbocycles. The molecule has 2 aromatic rings. The van der Waals surface area contributed by atoms with E-state index in [-0.39, 0.29) is 16.4 Å². The van der Waals surface area contributed by atoms with E-state index in [1.807, 2.05) is 0 Å². The lowest BCUT2D eigenvalue weighted by atomic mass is 9.84. The summed E-state index contributed by atoms with van der Waals surface area (Å²) in [7, 11) is -0.471. The average molecular weight is 495 g/mol. The Bertz CT molecular complexity index is 949. The Morgan fingerprint density at radius 2 is 1.23 bits per heavy atom. The van der Waals surface area contributed by atoms with Crippen molar-refractivity contribution in [3.63, 3.8) is 0 Å². The Labute approximate surface area is 217 Å². The Morgan fingerprint density at radius 1 is 0.771 bits per heavy atom. The molecular weight excluding hydrogens is 443 g/mol. The van der Waals surface area contributed by atoms with Crippen LogP contribution in [0.25, 0.3) is 11.1 Å². The molecule has 0 spiro atoms. The van der Waals surface area contributed by atoms with Crippen molar-refractivity contribution >= 4 is 13.2 Å². The molecule has 3 rings (SSSR count). The summed E-state index contributed by atoms with van der Waals surface area (Å²) in [4.78, 5) is 0. The molecule has 194 valence electrons. The average Bonchev–Trinajstić information content (AvgIpc) is 2.65. The van der Waals surface area contributed by atoms with Crippen LogP contribution in [0.5, 0.6) is 0 Å². The van der Waals surface area contributed by atoms with Crippen LogP contribution in [0.1, 0.15) is 98.8 Å². The number of hydrogen-bond donors (Lipinski definition) is 1. The second kappa shape index (κ2) is 11.1. The van der Waals surface area contributed by atoms with E-state index in [2.05, 4.69) is 106 Å². The standard InChI is InChI=1S/C33H51OP/c1-22(2)15-25-18-26(16-23(3)4)31(27(19-25)17-24(5)6)29-13-11-12-14-30(29)35-32(7,8)20-28(34)21-33(35,9)10/h11-14,18-19,22-24,28,34H,15-17,20-21H2,1-10H3. The predicted molar refractivity (Wildman–Crippen MR) is 157 cm³/mol. The number of aliphatic hydroxyl groups is 1. The smallest absolute Gasteiger partial charge is 0.0557 e. The van der Waals surface area contributed by atoms with Crippen LogP contribution in [0, 0.1) is 17.8 Å². The highest BCUT2D eigenvalue weighted by Gasteiger charge is 2.48. The summed E-state index contributed by atoms with van der Waals surface area (Å²) in [6.07, 6.45) is 4.95. The minimum atomic E-state index is -0.471. The molecule has 2 heteroatoms. The highest BCUT2D eigenvalue weighted by atomic mass is 31.1. The third-order valence-corrected chi connectivity index (χ3v) is 11.0. The molecule has 0 unspecified atom stereocenters. The van der Waals surface area contributed by atoms with Gasteiger partial charge in [0, 0.05) is 0 Å². The first-order valence-corrected chi connectivity index (χ1v) is 15.3. The quantitative estimate of drug-likeness (QED) is 0.364. The van der Waals surface area contributed by atoms with Gasteiger partial charge in [0.15, 0.2) is 0 Å². The van der Waals surface area contributed by atoms with Crippen LogP contribution < -0.4 is 5.30 Å². The van der Waals surface area contributed by atoms with Crippen molar-refractivity contribution in [2.45, 2.75) is 118 Å². The topological polar surface area (TPSA) is 20.2 Å². The molecule has 1 fully saturated rings. The Balaban J connectivity index is 2.30. The summed E-state index contributed by atoms with van der Waals surface area (Å²) in [5, 5.41) is 12.5. The maximum atomic E-state index is 10.7. The number of rotatable bonds is 8. The Kier molecular flexibility index (Phi) is 8.98. The zero-order chi connectivity index (χ0) is 26.1. The fourth-order valence-electron chi connectivity index (χ4n) is 6.74. The lowest BCUT2D eigenvalue weighted by molar-refractivity contribution is 0.125. The van der Waals surface area contributed by atoms with Crippen LogP contribution in [0.15, 0.2) is 36.4 Å². The predicted octanol–water partition coefficient (Wildman–Crippen LogP) is 8.77. The number of hydrogen-bond acceptors (Lipinski definition) is 1. The van der Waals surface area contributed by atoms with Crippen molar-refractivity contribution in [3.05, 3.63) is 53.1 Å². The van der Waals surface area contributed by atoms with Crippen molar-refractivity contribution in [1.29, 1.82) is 0 Å². The molecule has 0 bridgehead atoms. The summed E-state index contributed by atoms with van der Waals surface area (Å²) in [5.74, 6) is 1.89. The second-order valence-electron chi connectivity index (χ2n) is 13.6. The molecule has 0 saturated carbocycles. The van der Waals surface area contributed by atoms with Crippen LogP contribution in [-0.4, -0.2) is 21.5 Å². The molecule has 1 saturated heterocycles. The fraction of sp³-hybridized carbons (Fsp3) is 0.636. The van der Waals surface area contributed by atoms with E-state index in [0.717, 1.165) is 32.1 Å². The van der Waals surface area contributed by atoms with Crippen LogP contribution in [0.2, 0.25) is 0 Å². The van der Waals surface area contributed by atoms with E-state index in [1.54, 1.807) is 0 Å². The molecule has 0 amide bonds. The van der Waals surface area contributed by atoms with Gasteiger partial charge >= 0.3 is 0 Å². The minimum Gasteiger partial charge on any atom is -0.393 e. The van der Waals surface area contributed by atoms with Gasteiger partial charge in [-0.15, -0.1) is 0 Å². The summed E-state index contributed by atoms with van der Waals surface area (Å²) in [5.41, 5.74) is 7.53. The van der Waals surface area contributed by atoms with E-state index in [9.17, 15) is 5.11 Å². The SMILES string of the molecule is CC(C)Cc1cc(CC(C)C)c(-c2ccccc2P2C(C)(C)CC(O)CC2(C)C)c(CC(C)C)c1. The zero-order valence-corrected chi connectivity index (χ0v) is 25.1. The maximum absolute atomic E-state index is 10.7. The summed E-state index contributed by atoms with van der Waals surface area (Å²) in [6, 6.07) is 14.4. The van der Waals surface area contributed by atoms with E-state index < -0.39 is 7.92 Å². The molecule has 1 nitrogen and oxygen atoms in total. The summed E-state index contributed by atoms with van der Waals surface area (Å²) in [6.45, 7) is 23.7. The van der Waals surface area contributed by atoms with Crippen molar-refractivity contribution in [3.8, 4) is 11.1 Å². The lowest BCUT2D eigenvalue weighted by Crippen LogP contribution is -2.45. The van der Waals surface area contributed by atoms with Crippen molar-refractivity contribution in [2.24, 2.45) is 17.8 Å². The van der Waals surface area contributed by atoms with Gasteiger partial charge < -0.3 is 5.11 Å². The molecule has 1 aliphatic heterocycles. The van der Waals surface area contributed by atoms with Gasteiger partial charge in [-0.25, -0.2) is 0 Å². The molecule has 0 radical (unpaired) electrons. The van der Waals surface area contributed by atoms with Crippen molar-refractivity contribution in [1.82, 2.24) is 0 Å². The van der Waals surface area contributed by atoms with E-state index in [4.69, 9.17) is 0 Å². The van der Waals surface area contributed by atoms with Crippen LogP contribution >= 0.6 is 7.92 Å². The normalized spacial score (nSPS) is 21.8. The Morgan fingerprint density at radius 3 is 1.69 bits per heavy atom. The highest BCUT2D eigenvalue weighted by Crippen LogP contribution is 2.65. The minimum absolute atomic E-state index is 0.0978.